The lowest BCUT2D eigenvalue weighted by molar-refractivity contribution is -0.121. The second-order valence-corrected chi connectivity index (χ2v) is 7.94. The Labute approximate surface area is 144 Å². The molecule has 3 unspecified atom stereocenters. The summed E-state index contributed by atoms with van der Waals surface area (Å²) in [5.74, 6) is 1.86. The maximum atomic E-state index is 12.7. The van der Waals surface area contributed by atoms with Gasteiger partial charge in [0.05, 0.1) is 6.10 Å². The van der Waals surface area contributed by atoms with E-state index in [0.717, 1.165) is 50.5 Å². The minimum absolute atomic E-state index is 0.144. The van der Waals surface area contributed by atoms with Crippen molar-refractivity contribution in [2.24, 2.45) is 17.8 Å². The highest BCUT2D eigenvalue weighted by Gasteiger charge is 2.43. The zero-order valence-corrected chi connectivity index (χ0v) is 14.3. The van der Waals surface area contributed by atoms with Crippen LogP contribution in [0.4, 0.5) is 5.69 Å². The van der Waals surface area contributed by atoms with E-state index in [4.69, 9.17) is 0 Å². The number of anilines is 1. The number of nitrogens with zero attached hydrogens (tertiary/aromatic N) is 1. The molecule has 0 spiro atoms. The molecule has 4 rings (SSSR count). The molecule has 2 N–H and O–H groups in total. The van der Waals surface area contributed by atoms with E-state index in [0.29, 0.717) is 5.92 Å². The van der Waals surface area contributed by atoms with E-state index in [-0.39, 0.29) is 17.9 Å². The fraction of sp³-hybridized carbons (Fsp3) is 0.650. The van der Waals surface area contributed by atoms with Crippen LogP contribution in [0.25, 0.3) is 0 Å². The van der Waals surface area contributed by atoms with Gasteiger partial charge in [-0.25, -0.2) is 0 Å². The molecule has 130 valence electrons. The van der Waals surface area contributed by atoms with Crippen molar-refractivity contribution in [2.45, 2.75) is 51.2 Å². The number of amides is 1. The van der Waals surface area contributed by atoms with Crippen LogP contribution < -0.4 is 5.32 Å². The highest BCUT2D eigenvalue weighted by atomic mass is 16.3. The van der Waals surface area contributed by atoms with Gasteiger partial charge in [0.2, 0.25) is 5.91 Å². The van der Waals surface area contributed by atoms with Crippen LogP contribution in [0.2, 0.25) is 0 Å². The molecule has 4 heteroatoms. The number of benzene rings is 1. The summed E-state index contributed by atoms with van der Waals surface area (Å²) < 4.78 is 0. The van der Waals surface area contributed by atoms with Crippen molar-refractivity contribution in [3.63, 3.8) is 0 Å². The minimum atomic E-state index is -0.144. The van der Waals surface area contributed by atoms with Crippen LogP contribution in [-0.2, 0) is 11.3 Å². The summed E-state index contributed by atoms with van der Waals surface area (Å²) in [4.78, 5) is 15.1. The maximum Gasteiger partial charge on any atom is 0.227 e. The number of likely N-dealkylation sites (tertiary alicyclic amines) is 1. The van der Waals surface area contributed by atoms with Gasteiger partial charge in [-0.15, -0.1) is 0 Å². The lowest BCUT2D eigenvalue weighted by atomic mass is 9.88. The Kier molecular flexibility index (Phi) is 4.59. The van der Waals surface area contributed by atoms with E-state index in [2.05, 4.69) is 16.3 Å². The molecule has 1 saturated heterocycles. The summed E-state index contributed by atoms with van der Waals surface area (Å²) in [7, 11) is 0. The first-order valence-electron chi connectivity index (χ1n) is 9.48. The molecule has 2 bridgehead atoms. The molecule has 2 saturated carbocycles. The largest absolute Gasteiger partial charge is 0.393 e. The summed E-state index contributed by atoms with van der Waals surface area (Å²) in [5, 5.41) is 12.9. The number of aliphatic hydroxyl groups is 1. The average Bonchev–Trinajstić information content (AvgIpc) is 3.22. The van der Waals surface area contributed by atoms with Gasteiger partial charge in [-0.2, -0.15) is 0 Å². The Morgan fingerprint density at radius 1 is 1.12 bits per heavy atom. The molecule has 1 aromatic carbocycles. The number of nitrogens with one attached hydrogen (secondary N) is 1. The summed E-state index contributed by atoms with van der Waals surface area (Å²) in [6.07, 6.45) is 6.46. The van der Waals surface area contributed by atoms with Crippen molar-refractivity contribution in [3.8, 4) is 0 Å². The topological polar surface area (TPSA) is 52.6 Å². The maximum absolute atomic E-state index is 12.7. The first-order valence-corrected chi connectivity index (χ1v) is 9.48. The van der Waals surface area contributed by atoms with Crippen LogP contribution in [0, 0.1) is 17.8 Å². The first-order chi connectivity index (χ1) is 11.7. The van der Waals surface area contributed by atoms with Gasteiger partial charge >= 0.3 is 0 Å². The summed E-state index contributed by atoms with van der Waals surface area (Å²) in [6, 6.07) is 8.18. The van der Waals surface area contributed by atoms with E-state index in [1.807, 2.05) is 18.2 Å². The van der Waals surface area contributed by atoms with Crippen molar-refractivity contribution in [1.82, 2.24) is 4.90 Å². The molecule has 3 aliphatic rings. The fourth-order valence-electron chi connectivity index (χ4n) is 4.89. The monoisotopic (exact) mass is 328 g/mol. The van der Waals surface area contributed by atoms with Gasteiger partial charge < -0.3 is 10.4 Å². The zero-order valence-electron chi connectivity index (χ0n) is 14.3. The molecular weight excluding hydrogens is 300 g/mol. The van der Waals surface area contributed by atoms with Gasteiger partial charge in [0.15, 0.2) is 0 Å². The Balaban J connectivity index is 1.41. The van der Waals surface area contributed by atoms with E-state index >= 15 is 0 Å². The number of carbonyl (C=O) groups excluding carboxylic acids is 1. The lowest BCUT2D eigenvalue weighted by Gasteiger charge is -2.30. The number of hydrogen-bond donors (Lipinski definition) is 2. The summed E-state index contributed by atoms with van der Waals surface area (Å²) >= 11 is 0. The number of aliphatic hydroxyl groups excluding tert-OH is 1. The van der Waals surface area contributed by atoms with Crippen molar-refractivity contribution >= 4 is 11.6 Å². The predicted molar refractivity (Wildman–Crippen MR) is 94.5 cm³/mol. The van der Waals surface area contributed by atoms with Gasteiger partial charge in [0.1, 0.15) is 0 Å². The molecule has 0 aromatic heterocycles. The normalized spacial score (nSPS) is 30.6. The van der Waals surface area contributed by atoms with Crippen molar-refractivity contribution in [2.75, 3.05) is 18.4 Å². The van der Waals surface area contributed by atoms with Gasteiger partial charge in [0, 0.05) is 31.2 Å². The van der Waals surface area contributed by atoms with Crippen LogP contribution in [-0.4, -0.2) is 35.1 Å². The number of hydrogen-bond acceptors (Lipinski definition) is 3. The smallest absolute Gasteiger partial charge is 0.227 e. The third-order valence-corrected chi connectivity index (χ3v) is 6.30. The van der Waals surface area contributed by atoms with E-state index < -0.39 is 0 Å². The molecule has 1 amide bonds. The molecule has 4 nitrogen and oxygen atoms in total. The molecule has 2 aliphatic carbocycles. The van der Waals surface area contributed by atoms with Crippen LogP contribution >= 0.6 is 0 Å². The van der Waals surface area contributed by atoms with Crippen LogP contribution in [0.1, 0.15) is 44.1 Å². The van der Waals surface area contributed by atoms with Crippen LogP contribution in [0.5, 0.6) is 0 Å². The van der Waals surface area contributed by atoms with Crippen molar-refractivity contribution in [1.29, 1.82) is 0 Å². The Hall–Kier alpha value is -1.39. The number of rotatable bonds is 4. The second-order valence-electron chi connectivity index (χ2n) is 7.94. The lowest BCUT2D eigenvalue weighted by Crippen LogP contribution is -2.35. The Morgan fingerprint density at radius 2 is 1.92 bits per heavy atom. The quantitative estimate of drug-likeness (QED) is 0.893. The van der Waals surface area contributed by atoms with E-state index in [9.17, 15) is 9.90 Å². The van der Waals surface area contributed by atoms with E-state index in [1.54, 1.807) is 0 Å². The molecule has 24 heavy (non-hydrogen) atoms. The van der Waals surface area contributed by atoms with Gasteiger partial charge in [0.25, 0.3) is 0 Å². The standard InChI is InChI=1S/C20H28N2O2/c23-17-7-9-22(10-8-17)13-16-3-1-2-4-19(16)21-20(24)18-12-14-5-6-15(18)11-14/h1-4,14-15,17-18,23H,5-13H2,(H,21,24). The fourth-order valence-corrected chi connectivity index (χ4v) is 4.89. The van der Waals surface area contributed by atoms with Crippen molar-refractivity contribution < 1.29 is 9.90 Å². The molecule has 1 aliphatic heterocycles. The molecule has 1 aromatic rings. The molecule has 3 atom stereocenters. The highest BCUT2D eigenvalue weighted by Crippen LogP contribution is 2.48. The number of fused-ring (bicyclic) bond motifs is 2. The number of carbonyl (C=O) groups is 1. The number of para-hydroxylation sites is 1. The average molecular weight is 328 g/mol. The third kappa shape index (κ3) is 3.35. The van der Waals surface area contributed by atoms with E-state index in [1.165, 1.54) is 24.8 Å². The van der Waals surface area contributed by atoms with Crippen molar-refractivity contribution in [3.05, 3.63) is 29.8 Å². The Bertz CT molecular complexity index is 595. The van der Waals surface area contributed by atoms with Crippen LogP contribution in [0.3, 0.4) is 0 Å². The minimum Gasteiger partial charge on any atom is -0.393 e. The Morgan fingerprint density at radius 3 is 2.62 bits per heavy atom. The van der Waals surface area contributed by atoms with Gasteiger partial charge in [-0.05, 0) is 55.6 Å². The number of piperidine rings is 1. The first kappa shape index (κ1) is 16.1. The van der Waals surface area contributed by atoms with Gasteiger partial charge in [-0.3, -0.25) is 9.69 Å². The zero-order chi connectivity index (χ0) is 16.5. The highest BCUT2D eigenvalue weighted by molar-refractivity contribution is 5.93. The summed E-state index contributed by atoms with van der Waals surface area (Å²) in [6.45, 7) is 2.70. The third-order valence-electron chi connectivity index (χ3n) is 6.30. The molecule has 3 fully saturated rings. The summed E-state index contributed by atoms with van der Waals surface area (Å²) in [5.41, 5.74) is 2.15. The van der Waals surface area contributed by atoms with Crippen LogP contribution in [0.15, 0.2) is 24.3 Å². The SMILES string of the molecule is O=C(Nc1ccccc1CN1CCC(O)CC1)C1CC2CCC1C2. The molecule has 0 radical (unpaired) electrons. The molecular formula is C20H28N2O2. The molecule has 1 heterocycles. The second kappa shape index (κ2) is 6.85. The van der Waals surface area contributed by atoms with Gasteiger partial charge in [-0.1, -0.05) is 24.6 Å². The predicted octanol–water partition coefficient (Wildman–Crippen LogP) is 3.02.